The second-order valence-electron chi connectivity index (χ2n) is 8.19. The van der Waals surface area contributed by atoms with Crippen molar-refractivity contribution in [1.82, 2.24) is 10.6 Å². The minimum Gasteiger partial charge on any atom is -0.366 e. The van der Waals surface area contributed by atoms with Crippen LogP contribution in [0.15, 0.2) is 42.5 Å². The summed E-state index contributed by atoms with van der Waals surface area (Å²) in [5.74, 6) is -0.113. The Balaban J connectivity index is 1.84. The Kier molecular flexibility index (Phi) is 7.93. The van der Waals surface area contributed by atoms with Gasteiger partial charge in [-0.3, -0.25) is 4.79 Å². The number of nitrogens with one attached hydrogen (secondary N) is 3. The highest BCUT2D eigenvalue weighted by atomic mass is 16.2. The number of rotatable bonds is 8. The van der Waals surface area contributed by atoms with Crippen LogP contribution >= 0.6 is 0 Å². The van der Waals surface area contributed by atoms with Crippen molar-refractivity contribution in [2.45, 2.75) is 59.0 Å². The van der Waals surface area contributed by atoms with Gasteiger partial charge in [-0.15, -0.1) is 0 Å². The molecule has 1 aliphatic rings. The monoisotopic (exact) mass is 422 g/mol. The zero-order chi connectivity index (χ0) is 22.2. The van der Waals surface area contributed by atoms with Crippen LogP contribution in [0, 0.1) is 0 Å². The number of benzene rings is 2. The van der Waals surface area contributed by atoms with E-state index in [1.54, 1.807) is 6.07 Å². The molecule has 2 aromatic rings. The minimum absolute atomic E-state index is 0.0800. The number of anilines is 2. The van der Waals surface area contributed by atoms with Gasteiger partial charge in [0.1, 0.15) is 0 Å². The van der Waals surface area contributed by atoms with Crippen LogP contribution < -0.4 is 20.9 Å². The lowest BCUT2D eigenvalue weighted by Crippen LogP contribution is -2.36. The Morgan fingerprint density at radius 3 is 2.61 bits per heavy atom. The van der Waals surface area contributed by atoms with E-state index in [-0.39, 0.29) is 18.0 Å². The molecule has 3 amide bonds. The van der Waals surface area contributed by atoms with Gasteiger partial charge in [-0.1, -0.05) is 44.5 Å². The Bertz CT molecular complexity index is 912. The molecule has 0 aromatic heterocycles. The first-order valence-corrected chi connectivity index (χ1v) is 11.3. The Labute approximate surface area is 185 Å². The van der Waals surface area contributed by atoms with Crippen molar-refractivity contribution in [1.29, 1.82) is 0 Å². The third-order valence-corrected chi connectivity index (χ3v) is 5.78. The van der Waals surface area contributed by atoms with Crippen LogP contribution in [-0.2, 0) is 13.0 Å². The fourth-order valence-electron chi connectivity index (χ4n) is 3.73. The molecule has 0 radical (unpaired) electrons. The fraction of sp³-hybridized carbons (Fsp3) is 0.440. The van der Waals surface area contributed by atoms with Crippen molar-refractivity contribution in [3.8, 4) is 0 Å². The highest BCUT2D eigenvalue weighted by Crippen LogP contribution is 2.29. The van der Waals surface area contributed by atoms with Crippen molar-refractivity contribution in [2.24, 2.45) is 0 Å². The first kappa shape index (κ1) is 22.7. The Morgan fingerprint density at radius 1 is 1.10 bits per heavy atom. The lowest BCUT2D eigenvalue weighted by Gasteiger charge is -2.32. The van der Waals surface area contributed by atoms with Crippen molar-refractivity contribution in [3.63, 3.8) is 0 Å². The zero-order valence-corrected chi connectivity index (χ0v) is 18.8. The van der Waals surface area contributed by atoms with Crippen molar-refractivity contribution in [2.75, 3.05) is 23.3 Å². The number of unbranched alkanes of at least 4 members (excludes halogenated alkanes) is 1. The molecule has 0 saturated carbocycles. The smallest absolute Gasteiger partial charge is 0.319 e. The molecule has 166 valence electrons. The number of hydrogen-bond acceptors (Lipinski definition) is 3. The summed E-state index contributed by atoms with van der Waals surface area (Å²) in [4.78, 5) is 27.5. The molecule has 0 saturated heterocycles. The van der Waals surface area contributed by atoms with Gasteiger partial charge in [0.2, 0.25) is 0 Å². The zero-order valence-electron chi connectivity index (χ0n) is 18.8. The molecule has 1 aliphatic heterocycles. The number of nitrogens with zero attached hydrogens (tertiary/aromatic N) is 1. The average molecular weight is 423 g/mol. The van der Waals surface area contributed by atoms with Gasteiger partial charge < -0.3 is 20.9 Å². The van der Waals surface area contributed by atoms with E-state index in [9.17, 15) is 9.59 Å². The summed E-state index contributed by atoms with van der Waals surface area (Å²) in [5.41, 5.74) is 4.76. The van der Waals surface area contributed by atoms with Crippen molar-refractivity contribution in [3.05, 3.63) is 59.2 Å². The maximum absolute atomic E-state index is 13.1. The molecular formula is C25H34N4O2. The van der Waals surface area contributed by atoms with E-state index in [1.807, 2.05) is 26.0 Å². The lowest BCUT2D eigenvalue weighted by atomic mass is 9.98. The van der Waals surface area contributed by atoms with Gasteiger partial charge in [0, 0.05) is 37.1 Å². The molecule has 6 heteroatoms. The number of fused-ring (bicyclic) bond motifs is 1. The van der Waals surface area contributed by atoms with E-state index >= 15 is 0 Å². The first-order valence-electron chi connectivity index (χ1n) is 11.3. The molecule has 0 bridgehead atoms. The van der Waals surface area contributed by atoms with Gasteiger partial charge in [-0.05, 0) is 55.5 Å². The summed E-state index contributed by atoms with van der Waals surface area (Å²) in [7, 11) is 0. The topological polar surface area (TPSA) is 73.5 Å². The SMILES string of the molecule is CCCCNC(=O)Nc1ccc(N2CCc3ccccc3C2)c(C(=O)N[C@@H](C)CC)c1. The predicted octanol–water partition coefficient (Wildman–Crippen LogP) is 4.70. The standard InChI is InChI=1S/C25H34N4O2/c1-4-6-14-26-25(31)28-21-11-12-23(22(16-21)24(30)27-18(3)5-2)29-15-13-19-9-7-8-10-20(19)17-29/h7-12,16,18H,4-6,13-15,17H2,1-3H3,(H,27,30)(H2,26,28,31)/t18-/m0/s1. The third-order valence-electron chi connectivity index (χ3n) is 5.78. The molecule has 0 fully saturated rings. The van der Waals surface area contributed by atoms with Crippen LogP contribution in [0.5, 0.6) is 0 Å². The summed E-state index contributed by atoms with van der Waals surface area (Å²) in [5, 5.41) is 8.78. The molecule has 0 aliphatic carbocycles. The fourth-order valence-corrected chi connectivity index (χ4v) is 3.73. The second-order valence-corrected chi connectivity index (χ2v) is 8.19. The highest BCUT2D eigenvalue weighted by molar-refractivity contribution is 6.02. The number of carbonyl (C=O) groups is 2. The van der Waals surface area contributed by atoms with E-state index in [1.165, 1.54) is 11.1 Å². The molecule has 3 N–H and O–H groups in total. The normalized spacial score (nSPS) is 13.8. The van der Waals surface area contributed by atoms with E-state index in [2.05, 4.69) is 52.0 Å². The van der Waals surface area contributed by atoms with Gasteiger partial charge in [0.05, 0.1) is 5.56 Å². The summed E-state index contributed by atoms with van der Waals surface area (Å²) < 4.78 is 0. The van der Waals surface area contributed by atoms with Crippen LogP contribution in [0.1, 0.15) is 61.5 Å². The van der Waals surface area contributed by atoms with Gasteiger partial charge >= 0.3 is 6.03 Å². The molecule has 0 spiro atoms. The van der Waals surface area contributed by atoms with E-state index < -0.39 is 0 Å². The van der Waals surface area contributed by atoms with Gasteiger partial charge in [-0.25, -0.2) is 4.79 Å². The van der Waals surface area contributed by atoms with Gasteiger partial charge in [0.25, 0.3) is 5.91 Å². The molecule has 1 heterocycles. The van der Waals surface area contributed by atoms with Gasteiger partial charge in [0.15, 0.2) is 0 Å². The molecular weight excluding hydrogens is 388 g/mol. The number of amides is 3. The molecule has 31 heavy (non-hydrogen) atoms. The van der Waals surface area contributed by atoms with Crippen molar-refractivity contribution < 1.29 is 9.59 Å². The molecule has 2 aromatic carbocycles. The summed E-state index contributed by atoms with van der Waals surface area (Å²) >= 11 is 0. The minimum atomic E-state index is -0.249. The quantitative estimate of drug-likeness (QED) is 0.540. The van der Waals surface area contributed by atoms with Crippen molar-refractivity contribution >= 4 is 23.3 Å². The summed E-state index contributed by atoms with van der Waals surface area (Å²) in [6.07, 6.45) is 3.76. The summed E-state index contributed by atoms with van der Waals surface area (Å²) in [6, 6.07) is 13.9. The maximum Gasteiger partial charge on any atom is 0.319 e. The molecule has 3 rings (SSSR count). The highest BCUT2D eigenvalue weighted by Gasteiger charge is 2.22. The van der Waals surface area contributed by atoms with E-state index in [4.69, 9.17) is 0 Å². The van der Waals surface area contributed by atoms with Gasteiger partial charge in [-0.2, -0.15) is 0 Å². The average Bonchev–Trinajstić information content (AvgIpc) is 2.78. The number of urea groups is 1. The molecule has 1 atom stereocenters. The Morgan fingerprint density at radius 2 is 1.87 bits per heavy atom. The van der Waals surface area contributed by atoms with Crippen LogP contribution in [-0.4, -0.2) is 31.1 Å². The van der Waals surface area contributed by atoms with Crippen LogP contribution in [0.25, 0.3) is 0 Å². The van der Waals surface area contributed by atoms with E-state index in [0.29, 0.717) is 17.8 Å². The molecule has 0 unspecified atom stereocenters. The lowest BCUT2D eigenvalue weighted by molar-refractivity contribution is 0.0939. The second kappa shape index (κ2) is 10.8. The van der Waals surface area contributed by atoms with Crippen LogP contribution in [0.3, 0.4) is 0 Å². The number of hydrogen-bond donors (Lipinski definition) is 3. The third kappa shape index (κ3) is 6.00. The van der Waals surface area contributed by atoms with Crippen LogP contribution in [0.2, 0.25) is 0 Å². The largest absolute Gasteiger partial charge is 0.366 e. The molecule has 6 nitrogen and oxygen atoms in total. The number of carbonyl (C=O) groups excluding carboxylic acids is 2. The first-order chi connectivity index (χ1) is 15.0. The maximum atomic E-state index is 13.1. The predicted molar refractivity (Wildman–Crippen MR) is 127 cm³/mol. The van der Waals surface area contributed by atoms with Crippen LogP contribution in [0.4, 0.5) is 16.2 Å². The van der Waals surface area contributed by atoms with E-state index in [0.717, 1.165) is 44.5 Å². The summed E-state index contributed by atoms with van der Waals surface area (Å²) in [6.45, 7) is 8.38. The Hall–Kier alpha value is -3.02.